The lowest BCUT2D eigenvalue weighted by molar-refractivity contribution is -0.132. The van der Waals surface area contributed by atoms with Crippen LogP contribution in [0, 0.1) is 0 Å². The maximum absolute atomic E-state index is 12.4. The van der Waals surface area contributed by atoms with E-state index in [-0.39, 0.29) is 6.61 Å². The number of rotatable bonds is 10. The van der Waals surface area contributed by atoms with E-state index in [0.717, 1.165) is 11.1 Å². The molecule has 7 heteroatoms. The van der Waals surface area contributed by atoms with Crippen LogP contribution in [0.15, 0.2) is 60.7 Å². The number of nitrogens with two attached hydrogens (primary N) is 1. The van der Waals surface area contributed by atoms with Crippen molar-refractivity contribution in [3.63, 3.8) is 0 Å². The van der Waals surface area contributed by atoms with E-state index >= 15 is 0 Å². The van der Waals surface area contributed by atoms with Crippen molar-refractivity contribution in [3.05, 3.63) is 71.8 Å². The van der Waals surface area contributed by atoms with Gasteiger partial charge in [-0.1, -0.05) is 60.7 Å². The first-order valence-corrected chi connectivity index (χ1v) is 9.12. The molecule has 0 heterocycles. The summed E-state index contributed by atoms with van der Waals surface area (Å²) in [4.78, 5) is 24.3. The highest BCUT2D eigenvalue weighted by atomic mass is 16.5. The van der Waals surface area contributed by atoms with Crippen molar-refractivity contribution in [1.82, 2.24) is 10.6 Å². The molecule has 0 aliphatic heterocycles. The Kier molecular flexibility index (Phi) is 8.61. The number of benzene rings is 2. The molecule has 2 rings (SSSR count). The molecule has 7 nitrogen and oxygen atoms in total. The van der Waals surface area contributed by atoms with Crippen molar-refractivity contribution in [2.45, 2.75) is 31.2 Å². The largest absolute Gasteiger partial charge is 0.381 e. The van der Waals surface area contributed by atoms with Gasteiger partial charge < -0.3 is 26.2 Å². The number of hydrogen-bond acceptors (Lipinski definition) is 5. The molecule has 0 saturated carbocycles. The zero-order valence-corrected chi connectivity index (χ0v) is 15.9. The average molecular weight is 385 g/mol. The highest BCUT2D eigenvalue weighted by molar-refractivity contribution is 5.85. The standard InChI is InChI=1S/C21H27N3O4/c1-23-21(27)19(25)18(12-15-8-4-2-5-9-15)24-20(26)17(22)14-28-13-16-10-6-3-7-11-16/h2-11,17-19,25H,12-14,22H2,1H3,(H,23,27)(H,24,26)/t17-,18+,19?/m1/s1. The molecule has 28 heavy (non-hydrogen) atoms. The second-order valence-electron chi connectivity index (χ2n) is 6.47. The lowest BCUT2D eigenvalue weighted by atomic mass is 10.00. The van der Waals surface area contributed by atoms with Crippen LogP contribution in [-0.4, -0.2) is 48.8 Å². The molecular formula is C21H27N3O4. The van der Waals surface area contributed by atoms with Crippen molar-refractivity contribution >= 4 is 11.8 Å². The van der Waals surface area contributed by atoms with Gasteiger partial charge in [0, 0.05) is 7.05 Å². The van der Waals surface area contributed by atoms with Crippen LogP contribution < -0.4 is 16.4 Å². The summed E-state index contributed by atoms with van der Waals surface area (Å²) in [5, 5.41) is 15.4. The van der Waals surface area contributed by atoms with Crippen LogP contribution in [0.3, 0.4) is 0 Å². The monoisotopic (exact) mass is 385 g/mol. The molecule has 0 fully saturated rings. The first kappa shape index (κ1) is 21.6. The molecule has 5 N–H and O–H groups in total. The van der Waals surface area contributed by atoms with Gasteiger partial charge in [-0.15, -0.1) is 0 Å². The fourth-order valence-electron chi connectivity index (χ4n) is 2.68. The summed E-state index contributed by atoms with van der Waals surface area (Å²) in [5.74, 6) is -1.06. The molecule has 0 aliphatic carbocycles. The molecule has 150 valence electrons. The number of amides is 2. The number of aliphatic hydroxyl groups excluding tert-OH is 1. The van der Waals surface area contributed by atoms with Gasteiger partial charge in [-0.3, -0.25) is 9.59 Å². The Morgan fingerprint density at radius 2 is 1.57 bits per heavy atom. The van der Waals surface area contributed by atoms with Gasteiger partial charge in [-0.05, 0) is 17.5 Å². The van der Waals surface area contributed by atoms with E-state index in [9.17, 15) is 14.7 Å². The lowest BCUT2D eigenvalue weighted by Crippen LogP contribution is -2.55. The van der Waals surface area contributed by atoms with Crippen LogP contribution in [0.4, 0.5) is 0 Å². The van der Waals surface area contributed by atoms with Crippen molar-refractivity contribution < 1.29 is 19.4 Å². The van der Waals surface area contributed by atoms with E-state index in [1.165, 1.54) is 7.05 Å². The van der Waals surface area contributed by atoms with Gasteiger partial charge in [0.15, 0.2) is 6.10 Å². The maximum Gasteiger partial charge on any atom is 0.250 e. The van der Waals surface area contributed by atoms with Crippen molar-refractivity contribution in [2.75, 3.05) is 13.7 Å². The molecule has 0 aromatic heterocycles. The summed E-state index contributed by atoms with van der Waals surface area (Å²) in [7, 11) is 1.43. The number of aliphatic hydroxyl groups is 1. The summed E-state index contributed by atoms with van der Waals surface area (Å²) in [5.41, 5.74) is 7.77. The molecule has 0 spiro atoms. The fraction of sp³-hybridized carbons (Fsp3) is 0.333. The molecule has 2 aromatic carbocycles. The van der Waals surface area contributed by atoms with E-state index in [4.69, 9.17) is 10.5 Å². The van der Waals surface area contributed by atoms with Gasteiger partial charge in [0.25, 0.3) is 5.91 Å². The van der Waals surface area contributed by atoms with Gasteiger partial charge in [0.2, 0.25) is 5.91 Å². The highest BCUT2D eigenvalue weighted by Gasteiger charge is 2.28. The topological polar surface area (TPSA) is 114 Å². The van der Waals surface area contributed by atoms with E-state index in [0.29, 0.717) is 13.0 Å². The minimum absolute atomic E-state index is 0.0227. The van der Waals surface area contributed by atoms with Gasteiger partial charge in [-0.2, -0.15) is 0 Å². The summed E-state index contributed by atoms with van der Waals surface area (Å²) in [6, 6.07) is 17.1. The Balaban J connectivity index is 1.93. The zero-order chi connectivity index (χ0) is 20.4. The van der Waals surface area contributed by atoms with E-state index < -0.39 is 30.0 Å². The first-order valence-electron chi connectivity index (χ1n) is 9.12. The van der Waals surface area contributed by atoms with Gasteiger partial charge in [0.05, 0.1) is 19.3 Å². The molecule has 3 atom stereocenters. The molecule has 2 aromatic rings. The first-order chi connectivity index (χ1) is 13.5. The Morgan fingerprint density at radius 1 is 1.00 bits per heavy atom. The number of hydrogen-bond donors (Lipinski definition) is 4. The van der Waals surface area contributed by atoms with Crippen LogP contribution in [0.1, 0.15) is 11.1 Å². The lowest BCUT2D eigenvalue weighted by Gasteiger charge is -2.25. The van der Waals surface area contributed by atoms with E-state index in [1.807, 2.05) is 60.7 Å². The van der Waals surface area contributed by atoms with Crippen molar-refractivity contribution in [3.8, 4) is 0 Å². The molecule has 2 amide bonds. The average Bonchev–Trinajstić information content (AvgIpc) is 2.73. The maximum atomic E-state index is 12.4. The fourth-order valence-corrected chi connectivity index (χ4v) is 2.68. The molecule has 0 radical (unpaired) electrons. The number of likely N-dealkylation sites (N-methyl/N-ethyl adjacent to an activating group) is 1. The minimum atomic E-state index is -1.40. The SMILES string of the molecule is CNC(=O)C(O)[C@H](Cc1ccccc1)NC(=O)[C@H](N)COCc1ccccc1. The quantitative estimate of drug-likeness (QED) is 0.472. The third-order valence-corrected chi connectivity index (χ3v) is 4.27. The molecular weight excluding hydrogens is 358 g/mol. The Bertz CT molecular complexity index is 740. The van der Waals surface area contributed by atoms with Crippen LogP contribution in [0.2, 0.25) is 0 Å². The number of ether oxygens (including phenoxy) is 1. The number of carbonyl (C=O) groups excluding carboxylic acids is 2. The summed E-state index contributed by atoms with van der Waals surface area (Å²) < 4.78 is 5.50. The van der Waals surface area contributed by atoms with Crippen LogP contribution in [0.25, 0.3) is 0 Å². The predicted octanol–water partition coefficient (Wildman–Crippen LogP) is 0.365. The van der Waals surface area contributed by atoms with Crippen LogP contribution in [-0.2, 0) is 27.4 Å². The third-order valence-electron chi connectivity index (χ3n) is 4.27. The second kappa shape index (κ2) is 11.2. The normalized spacial score (nSPS) is 14.0. The second-order valence-corrected chi connectivity index (χ2v) is 6.47. The number of carbonyl (C=O) groups is 2. The van der Waals surface area contributed by atoms with E-state index in [1.54, 1.807) is 0 Å². The zero-order valence-electron chi connectivity index (χ0n) is 15.9. The smallest absolute Gasteiger partial charge is 0.250 e. The summed E-state index contributed by atoms with van der Waals surface area (Å²) >= 11 is 0. The van der Waals surface area contributed by atoms with Crippen LogP contribution >= 0.6 is 0 Å². The predicted molar refractivity (Wildman–Crippen MR) is 106 cm³/mol. The van der Waals surface area contributed by atoms with Gasteiger partial charge >= 0.3 is 0 Å². The Labute approximate surface area is 164 Å². The van der Waals surface area contributed by atoms with E-state index in [2.05, 4.69) is 10.6 Å². The van der Waals surface area contributed by atoms with Gasteiger partial charge in [-0.25, -0.2) is 0 Å². The minimum Gasteiger partial charge on any atom is -0.381 e. The third kappa shape index (κ3) is 6.77. The summed E-state index contributed by atoms with van der Waals surface area (Å²) in [6.07, 6.45) is -1.11. The Morgan fingerprint density at radius 3 is 2.14 bits per heavy atom. The number of nitrogens with one attached hydrogen (secondary N) is 2. The van der Waals surface area contributed by atoms with Crippen LogP contribution in [0.5, 0.6) is 0 Å². The molecule has 0 saturated heterocycles. The molecule has 0 bridgehead atoms. The van der Waals surface area contributed by atoms with Crippen molar-refractivity contribution in [1.29, 1.82) is 0 Å². The molecule has 1 unspecified atom stereocenters. The molecule has 0 aliphatic rings. The van der Waals surface area contributed by atoms with Gasteiger partial charge in [0.1, 0.15) is 6.04 Å². The Hall–Kier alpha value is -2.74. The summed E-state index contributed by atoms with van der Waals surface area (Å²) in [6.45, 7) is 0.366. The highest BCUT2D eigenvalue weighted by Crippen LogP contribution is 2.07. The van der Waals surface area contributed by atoms with Crippen molar-refractivity contribution in [2.24, 2.45) is 5.73 Å².